The molecule has 0 atom stereocenters. The van der Waals surface area contributed by atoms with Crippen LogP contribution in [-0.4, -0.2) is 26.1 Å². The van der Waals surface area contributed by atoms with Crippen molar-refractivity contribution in [2.75, 3.05) is 11.5 Å². The summed E-state index contributed by atoms with van der Waals surface area (Å²) in [6, 6.07) is 20.6. The molecule has 0 spiro atoms. The molecule has 4 aromatic carbocycles. The van der Waals surface area contributed by atoms with Gasteiger partial charge in [0.05, 0.1) is 22.9 Å². The van der Waals surface area contributed by atoms with Crippen LogP contribution in [0.5, 0.6) is 11.5 Å². The van der Waals surface area contributed by atoms with E-state index >= 15 is 0 Å². The topological polar surface area (TPSA) is 85.3 Å². The minimum absolute atomic E-state index is 0.0206. The summed E-state index contributed by atoms with van der Waals surface area (Å²) in [5.41, 5.74) is 4.97. The van der Waals surface area contributed by atoms with Crippen LogP contribution in [0.1, 0.15) is 34.7 Å². The third-order valence-electron chi connectivity index (χ3n) is 7.22. The number of aliphatic imine (C=N–C) groups is 1. The van der Waals surface area contributed by atoms with Gasteiger partial charge in [-0.15, -0.1) is 6.58 Å². The molecule has 1 aliphatic heterocycles. The second-order valence-electron chi connectivity index (χ2n) is 10.8. The highest BCUT2D eigenvalue weighted by molar-refractivity contribution is 8.19. The maximum atomic E-state index is 14.0. The molecule has 0 radical (unpaired) electrons. The molecule has 1 saturated heterocycles. The van der Waals surface area contributed by atoms with Crippen LogP contribution < -0.4 is 13.8 Å². The van der Waals surface area contributed by atoms with Crippen LogP contribution in [0.4, 0.5) is 11.4 Å². The summed E-state index contributed by atoms with van der Waals surface area (Å²) in [6.07, 6.45) is 3.64. The van der Waals surface area contributed by atoms with Crippen molar-refractivity contribution in [2.24, 2.45) is 4.99 Å². The molecule has 47 heavy (non-hydrogen) atoms. The highest BCUT2D eigenvalue weighted by atomic mass is 35.5. The molecule has 0 unspecified atom stereocenters. The van der Waals surface area contributed by atoms with Crippen molar-refractivity contribution < 1.29 is 22.1 Å². The monoisotopic (exact) mass is 706 g/mol. The Balaban J connectivity index is 1.59. The van der Waals surface area contributed by atoms with E-state index < -0.39 is 10.1 Å². The van der Waals surface area contributed by atoms with Crippen molar-refractivity contribution in [2.45, 2.75) is 39.0 Å². The summed E-state index contributed by atoms with van der Waals surface area (Å²) in [5, 5.41) is 1.50. The zero-order chi connectivity index (χ0) is 33.9. The molecular weight excluding hydrogens is 675 g/mol. The van der Waals surface area contributed by atoms with Gasteiger partial charge >= 0.3 is 10.1 Å². The van der Waals surface area contributed by atoms with Crippen LogP contribution in [0.15, 0.2) is 100 Å². The molecule has 0 aromatic heterocycles. The standard InChI is InChI=1S/C36H32Cl2N2O5S2/c1-6-8-26-17-25(18-32(44-7-2)34(26)45-47(42,43)29-15-9-22(3)10-16-29)19-33-35(41)40(28-14-12-24(5)31(38)21-28)36(46-33)39-27-13-11-23(4)30(37)20-27/h6,9-21H,1,7-8H2,2-5H3/b33-19+,39-36?. The van der Waals surface area contributed by atoms with Crippen molar-refractivity contribution in [1.82, 2.24) is 0 Å². The first-order valence-corrected chi connectivity index (χ1v) is 17.6. The lowest BCUT2D eigenvalue weighted by atomic mass is 10.0. The molecule has 0 N–H and O–H groups in total. The van der Waals surface area contributed by atoms with E-state index in [1.165, 1.54) is 28.8 Å². The van der Waals surface area contributed by atoms with Gasteiger partial charge < -0.3 is 8.92 Å². The highest BCUT2D eigenvalue weighted by Gasteiger charge is 2.35. The number of ether oxygens (including phenoxy) is 1. The quantitative estimate of drug-likeness (QED) is 0.0928. The molecule has 0 saturated carbocycles. The van der Waals surface area contributed by atoms with Gasteiger partial charge in [0.1, 0.15) is 4.90 Å². The molecule has 242 valence electrons. The van der Waals surface area contributed by atoms with Crippen molar-refractivity contribution in [1.29, 1.82) is 0 Å². The predicted molar refractivity (Wildman–Crippen MR) is 193 cm³/mol. The first-order valence-electron chi connectivity index (χ1n) is 14.7. The number of thioether (sulfide) groups is 1. The van der Waals surface area contributed by atoms with Crippen LogP contribution in [-0.2, 0) is 21.3 Å². The fraction of sp³-hybridized carbons (Fsp3) is 0.167. The minimum Gasteiger partial charge on any atom is -0.490 e. The summed E-state index contributed by atoms with van der Waals surface area (Å²) in [7, 11) is -4.17. The number of anilines is 1. The lowest BCUT2D eigenvalue weighted by Crippen LogP contribution is -2.28. The Kier molecular flexibility index (Phi) is 10.5. The second kappa shape index (κ2) is 14.4. The molecule has 0 aliphatic carbocycles. The van der Waals surface area contributed by atoms with E-state index in [1.54, 1.807) is 55.5 Å². The van der Waals surface area contributed by atoms with Crippen LogP contribution in [0, 0.1) is 20.8 Å². The van der Waals surface area contributed by atoms with Crippen LogP contribution in [0.2, 0.25) is 10.0 Å². The lowest BCUT2D eigenvalue weighted by Gasteiger charge is -2.17. The third kappa shape index (κ3) is 7.76. The number of amidine groups is 1. The average Bonchev–Trinajstić information content (AvgIpc) is 3.32. The van der Waals surface area contributed by atoms with E-state index in [1.807, 2.05) is 45.0 Å². The molecular formula is C36H32Cl2N2O5S2. The van der Waals surface area contributed by atoms with E-state index in [2.05, 4.69) is 6.58 Å². The van der Waals surface area contributed by atoms with Crippen molar-refractivity contribution in [3.05, 3.63) is 128 Å². The summed E-state index contributed by atoms with van der Waals surface area (Å²) in [5.74, 6) is -0.0260. The number of amides is 1. The van der Waals surface area contributed by atoms with Crippen LogP contribution >= 0.6 is 35.0 Å². The van der Waals surface area contributed by atoms with Gasteiger partial charge in [0.15, 0.2) is 16.7 Å². The van der Waals surface area contributed by atoms with E-state index in [9.17, 15) is 13.2 Å². The van der Waals surface area contributed by atoms with Gasteiger partial charge in [-0.1, -0.05) is 59.1 Å². The number of carbonyl (C=O) groups excluding carboxylic acids is 1. The van der Waals surface area contributed by atoms with E-state index in [-0.39, 0.29) is 35.3 Å². The Morgan fingerprint density at radius 2 is 1.62 bits per heavy atom. The summed E-state index contributed by atoms with van der Waals surface area (Å²) < 4.78 is 38.1. The lowest BCUT2D eigenvalue weighted by molar-refractivity contribution is -0.113. The van der Waals surface area contributed by atoms with Crippen molar-refractivity contribution >= 4 is 73.6 Å². The summed E-state index contributed by atoms with van der Waals surface area (Å²) in [6.45, 7) is 11.5. The van der Waals surface area contributed by atoms with Gasteiger partial charge in [0.2, 0.25) is 0 Å². The Hall–Kier alpha value is -4.02. The second-order valence-corrected chi connectivity index (χ2v) is 14.2. The van der Waals surface area contributed by atoms with E-state index in [0.717, 1.165) is 16.7 Å². The first kappa shape index (κ1) is 34.3. The molecule has 4 aromatic rings. The van der Waals surface area contributed by atoms with Gasteiger partial charge in [0.25, 0.3) is 5.91 Å². The van der Waals surface area contributed by atoms with Gasteiger partial charge in [-0.05, 0) is 117 Å². The molecule has 1 amide bonds. The number of nitrogens with zero attached hydrogens (tertiary/aromatic N) is 2. The van der Waals surface area contributed by atoms with Crippen molar-refractivity contribution in [3.63, 3.8) is 0 Å². The molecule has 11 heteroatoms. The third-order valence-corrected chi connectivity index (χ3v) is 10.2. The van der Waals surface area contributed by atoms with Crippen LogP contribution in [0.3, 0.4) is 0 Å². The maximum Gasteiger partial charge on any atom is 0.339 e. The number of allylic oxidation sites excluding steroid dienone is 1. The van der Waals surface area contributed by atoms with Gasteiger partial charge in [-0.3, -0.25) is 9.69 Å². The fourth-order valence-corrected chi connectivity index (χ4v) is 7.03. The number of halogens is 2. The number of carbonyl (C=O) groups is 1. The Bertz CT molecular complexity index is 2040. The number of hydrogen-bond acceptors (Lipinski definition) is 7. The molecule has 1 aliphatic rings. The summed E-state index contributed by atoms with van der Waals surface area (Å²) in [4.78, 5) is 20.7. The molecule has 7 nitrogen and oxygen atoms in total. The van der Waals surface area contributed by atoms with Gasteiger partial charge in [0, 0.05) is 15.6 Å². The SMILES string of the molecule is C=CCc1cc(/C=C2/SC(=Nc3ccc(C)c(Cl)c3)N(c3ccc(C)c(Cl)c3)C2=O)cc(OCC)c1OS(=O)(=O)c1ccc(C)cc1. The summed E-state index contributed by atoms with van der Waals surface area (Å²) >= 11 is 14.0. The predicted octanol–water partition coefficient (Wildman–Crippen LogP) is 9.62. The van der Waals surface area contributed by atoms with E-state index in [0.29, 0.717) is 42.6 Å². The van der Waals surface area contributed by atoms with Gasteiger partial charge in [-0.2, -0.15) is 8.42 Å². The number of rotatable bonds is 10. The molecule has 1 heterocycles. The fourth-order valence-electron chi connectivity index (χ4n) is 4.70. The zero-order valence-electron chi connectivity index (χ0n) is 26.2. The average molecular weight is 708 g/mol. The van der Waals surface area contributed by atoms with E-state index in [4.69, 9.17) is 37.1 Å². The highest BCUT2D eigenvalue weighted by Crippen LogP contribution is 2.41. The molecule has 0 bridgehead atoms. The zero-order valence-corrected chi connectivity index (χ0v) is 29.4. The molecule has 5 rings (SSSR count). The Labute approximate surface area is 289 Å². The smallest absolute Gasteiger partial charge is 0.339 e. The number of hydrogen-bond donors (Lipinski definition) is 0. The largest absolute Gasteiger partial charge is 0.490 e. The van der Waals surface area contributed by atoms with Crippen LogP contribution in [0.25, 0.3) is 6.08 Å². The maximum absolute atomic E-state index is 14.0. The Morgan fingerprint density at radius 1 is 0.936 bits per heavy atom. The van der Waals surface area contributed by atoms with Gasteiger partial charge in [-0.25, -0.2) is 4.99 Å². The Morgan fingerprint density at radius 3 is 2.26 bits per heavy atom. The van der Waals surface area contributed by atoms with Crippen molar-refractivity contribution in [3.8, 4) is 11.5 Å². The minimum atomic E-state index is -4.17. The number of aryl methyl sites for hydroxylation is 3. The number of benzene rings is 4. The molecule has 1 fully saturated rings. The normalized spacial score (nSPS) is 15.0. The first-order chi connectivity index (χ1) is 22.4.